The van der Waals surface area contributed by atoms with Crippen molar-refractivity contribution in [2.24, 2.45) is 0 Å². The van der Waals surface area contributed by atoms with E-state index in [9.17, 15) is 5.26 Å². The van der Waals surface area contributed by atoms with Gasteiger partial charge in [0.2, 0.25) is 0 Å². The number of benzene rings is 2. The number of thiazole rings is 1. The molecule has 0 saturated carbocycles. The molecule has 1 aliphatic heterocycles. The lowest BCUT2D eigenvalue weighted by Gasteiger charge is -2.18. The van der Waals surface area contributed by atoms with Crippen LogP contribution in [0.25, 0.3) is 21.9 Å². The van der Waals surface area contributed by atoms with E-state index in [1.807, 2.05) is 48.5 Å². The fourth-order valence-corrected chi connectivity index (χ4v) is 3.38. The van der Waals surface area contributed by atoms with Gasteiger partial charge in [0, 0.05) is 0 Å². The lowest BCUT2D eigenvalue weighted by molar-refractivity contribution is 0.171. The SMILES string of the molecule is N#CC(=Cc1ccc2c(c1)OCCO2)c1nc2ccccc2s1. The zero-order valence-corrected chi connectivity index (χ0v) is 13.0. The number of rotatable bonds is 2. The van der Waals surface area contributed by atoms with Crippen LogP contribution in [0.2, 0.25) is 0 Å². The molecular weight excluding hydrogens is 308 g/mol. The van der Waals surface area contributed by atoms with E-state index in [0.717, 1.165) is 26.5 Å². The molecular formula is C18H12N2O2S. The summed E-state index contributed by atoms with van der Waals surface area (Å²) in [5.74, 6) is 1.46. The molecule has 0 unspecified atom stereocenters. The summed E-state index contributed by atoms with van der Waals surface area (Å²) in [5.41, 5.74) is 2.35. The summed E-state index contributed by atoms with van der Waals surface area (Å²) in [6, 6.07) is 15.8. The Morgan fingerprint density at radius 3 is 2.78 bits per heavy atom. The van der Waals surface area contributed by atoms with Crippen molar-refractivity contribution in [2.75, 3.05) is 13.2 Å². The Balaban J connectivity index is 1.74. The van der Waals surface area contributed by atoms with Gasteiger partial charge in [-0.1, -0.05) is 18.2 Å². The number of aromatic nitrogens is 1. The number of hydrogen-bond acceptors (Lipinski definition) is 5. The van der Waals surface area contributed by atoms with Crippen molar-refractivity contribution in [3.05, 3.63) is 53.0 Å². The maximum Gasteiger partial charge on any atom is 0.161 e. The molecule has 0 N–H and O–H groups in total. The van der Waals surface area contributed by atoms with Gasteiger partial charge in [0.05, 0.1) is 15.8 Å². The highest BCUT2D eigenvalue weighted by molar-refractivity contribution is 7.19. The fourth-order valence-electron chi connectivity index (χ4n) is 2.45. The van der Waals surface area contributed by atoms with Gasteiger partial charge in [0.15, 0.2) is 11.5 Å². The average Bonchev–Trinajstić information content (AvgIpc) is 3.03. The molecule has 0 radical (unpaired) electrons. The van der Waals surface area contributed by atoms with Gasteiger partial charge in [-0.3, -0.25) is 0 Å². The van der Waals surface area contributed by atoms with Crippen molar-refractivity contribution < 1.29 is 9.47 Å². The zero-order valence-electron chi connectivity index (χ0n) is 12.2. The summed E-state index contributed by atoms with van der Waals surface area (Å²) >= 11 is 1.52. The largest absolute Gasteiger partial charge is 0.486 e. The normalized spacial score (nSPS) is 13.8. The molecule has 0 bridgehead atoms. The van der Waals surface area contributed by atoms with E-state index in [-0.39, 0.29) is 0 Å². The second-order valence-corrected chi connectivity index (χ2v) is 6.09. The number of ether oxygens (including phenoxy) is 2. The fraction of sp³-hybridized carbons (Fsp3) is 0.111. The van der Waals surface area contributed by atoms with Crippen LogP contribution in [-0.4, -0.2) is 18.2 Å². The molecule has 0 fully saturated rings. The van der Waals surface area contributed by atoms with Gasteiger partial charge in [0.25, 0.3) is 0 Å². The lowest BCUT2D eigenvalue weighted by Crippen LogP contribution is -2.15. The standard InChI is InChI=1S/C18H12N2O2S/c19-11-13(18-20-14-3-1-2-4-17(14)23-18)9-12-5-6-15-16(10-12)22-8-7-21-15/h1-6,9-10H,7-8H2. The molecule has 3 aromatic rings. The molecule has 0 spiro atoms. The summed E-state index contributed by atoms with van der Waals surface area (Å²) in [5, 5.41) is 10.2. The second-order valence-electron chi connectivity index (χ2n) is 5.06. The van der Waals surface area contributed by atoms with Crippen LogP contribution in [0.1, 0.15) is 10.6 Å². The number of para-hydroxylation sites is 1. The summed E-state index contributed by atoms with van der Waals surface area (Å²) in [7, 11) is 0. The first-order valence-electron chi connectivity index (χ1n) is 7.21. The number of hydrogen-bond donors (Lipinski definition) is 0. The van der Waals surface area contributed by atoms with E-state index in [4.69, 9.17) is 9.47 Å². The van der Waals surface area contributed by atoms with E-state index in [2.05, 4.69) is 11.1 Å². The Bertz CT molecular complexity index is 920. The van der Waals surface area contributed by atoms with Crippen LogP contribution in [0.4, 0.5) is 0 Å². The topological polar surface area (TPSA) is 55.1 Å². The van der Waals surface area contributed by atoms with Crippen LogP contribution in [0.3, 0.4) is 0 Å². The van der Waals surface area contributed by atoms with Crippen molar-refractivity contribution in [3.8, 4) is 17.6 Å². The van der Waals surface area contributed by atoms with Crippen LogP contribution in [-0.2, 0) is 0 Å². The molecule has 4 rings (SSSR count). The van der Waals surface area contributed by atoms with Gasteiger partial charge in [-0.15, -0.1) is 11.3 Å². The Hall–Kier alpha value is -2.84. The second kappa shape index (κ2) is 5.75. The first-order chi connectivity index (χ1) is 11.3. The average molecular weight is 320 g/mol. The summed E-state index contributed by atoms with van der Waals surface area (Å²) in [6.45, 7) is 1.11. The Kier molecular flexibility index (Phi) is 3.45. The highest BCUT2D eigenvalue weighted by Crippen LogP contribution is 2.33. The van der Waals surface area contributed by atoms with Crippen molar-refractivity contribution >= 4 is 33.2 Å². The molecule has 112 valence electrons. The van der Waals surface area contributed by atoms with Crippen molar-refractivity contribution in [1.82, 2.24) is 4.98 Å². The van der Waals surface area contributed by atoms with Crippen LogP contribution >= 0.6 is 11.3 Å². The maximum absolute atomic E-state index is 9.50. The van der Waals surface area contributed by atoms with Gasteiger partial charge in [-0.2, -0.15) is 5.26 Å². The first kappa shape index (κ1) is 13.8. The molecule has 0 aliphatic carbocycles. The summed E-state index contributed by atoms with van der Waals surface area (Å²) < 4.78 is 12.2. The molecule has 1 aromatic heterocycles. The molecule has 0 saturated heterocycles. The van der Waals surface area contributed by atoms with Gasteiger partial charge >= 0.3 is 0 Å². The third-order valence-electron chi connectivity index (χ3n) is 3.52. The Labute approximate surface area is 137 Å². The molecule has 5 heteroatoms. The van der Waals surface area contributed by atoms with Crippen molar-refractivity contribution in [1.29, 1.82) is 5.26 Å². The number of nitrogens with zero attached hydrogens (tertiary/aromatic N) is 2. The first-order valence-corrected chi connectivity index (χ1v) is 8.02. The predicted molar refractivity (Wildman–Crippen MR) is 90.5 cm³/mol. The molecule has 2 heterocycles. The number of allylic oxidation sites excluding steroid dienone is 1. The van der Waals surface area contributed by atoms with Crippen LogP contribution in [0.5, 0.6) is 11.5 Å². The molecule has 0 amide bonds. The van der Waals surface area contributed by atoms with E-state index in [0.29, 0.717) is 24.5 Å². The number of nitriles is 1. The summed E-state index contributed by atoms with van der Waals surface area (Å²) in [6.07, 6.45) is 1.83. The summed E-state index contributed by atoms with van der Waals surface area (Å²) in [4.78, 5) is 4.54. The molecule has 1 aliphatic rings. The van der Waals surface area contributed by atoms with E-state index >= 15 is 0 Å². The van der Waals surface area contributed by atoms with Gasteiger partial charge in [-0.25, -0.2) is 4.98 Å². The zero-order chi connectivity index (χ0) is 15.6. The minimum absolute atomic E-state index is 0.544. The minimum atomic E-state index is 0.544. The van der Waals surface area contributed by atoms with Crippen molar-refractivity contribution in [3.63, 3.8) is 0 Å². The minimum Gasteiger partial charge on any atom is -0.486 e. The Morgan fingerprint density at radius 1 is 1.13 bits per heavy atom. The third-order valence-corrected chi connectivity index (χ3v) is 4.59. The molecule has 2 aromatic carbocycles. The van der Waals surface area contributed by atoms with Crippen LogP contribution < -0.4 is 9.47 Å². The van der Waals surface area contributed by atoms with Gasteiger partial charge in [-0.05, 0) is 35.9 Å². The molecule has 4 nitrogen and oxygen atoms in total. The predicted octanol–water partition coefficient (Wildman–Crippen LogP) is 4.13. The van der Waals surface area contributed by atoms with Gasteiger partial charge in [0.1, 0.15) is 24.3 Å². The van der Waals surface area contributed by atoms with Gasteiger partial charge < -0.3 is 9.47 Å². The quantitative estimate of drug-likeness (QED) is 0.666. The van der Waals surface area contributed by atoms with Crippen LogP contribution in [0.15, 0.2) is 42.5 Å². The third kappa shape index (κ3) is 2.65. The van der Waals surface area contributed by atoms with Crippen molar-refractivity contribution in [2.45, 2.75) is 0 Å². The van der Waals surface area contributed by atoms with E-state index < -0.39 is 0 Å². The highest BCUT2D eigenvalue weighted by Gasteiger charge is 2.13. The highest BCUT2D eigenvalue weighted by atomic mass is 32.1. The maximum atomic E-state index is 9.50. The lowest BCUT2D eigenvalue weighted by atomic mass is 10.1. The Morgan fingerprint density at radius 2 is 1.96 bits per heavy atom. The number of fused-ring (bicyclic) bond motifs is 2. The van der Waals surface area contributed by atoms with E-state index in [1.54, 1.807) is 0 Å². The molecule has 23 heavy (non-hydrogen) atoms. The molecule has 0 atom stereocenters. The van der Waals surface area contributed by atoms with E-state index in [1.165, 1.54) is 11.3 Å². The van der Waals surface area contributed by atoms with Crippen LogP contribution in [0, 0.1) is 11.3 Å². The smallest absolute Gasteiger partial charge is 0.161 e. The monoisotopic (exact) mass is 320 g/mol.